The number of hydrogen-bond acceptors (Lipinski definition) is 3. The SMILES string of the molecule is OB(O)c1c(F)sc(F)c1F. The van der Waals surface area contributed by atoms with Crippen LogP contribution in [0.15, 0.2) is 0 Å². The molecule has 11 heavy (non-hydrogen) atoms. The van der Waals surface area contributed by atoms with E-state index in [0.717, 1.165) is 0 Å². The molecule has 0 fully saturated rings. The number of hydrogen-bond donors (Lipinski definition) is 2. The van der Waals surface area contributed by atoms with Gasteiger partial charge in [0.05, 0.1) is 5.46 Å². The number of rotatable bonds is 1. The van der Waals surface area contributed by atoms with Crippen LogP contribution in [0.5, 0.6) is 0 Å². The van der Waals surface area contributed by atoms with Crippen molar-refractivity contribution in [3.8, 4) is 0 Å². The molecule has 0 radical (unpaired) electrons. The van der Waals surface area contributed by atoms with Gasteiger partial charge in [-0.25, -0.2) is 4.39 Å². The van der Waals surface area contributed by atoms with Gasteiger partial charge in [0.15, 0.2) is 10.9 Å². The van der Waals surface area contributed by atoms with Crippen LogP contribution in [0.25, 0.3) is 0 Å². The zero-order valence-corrected chi connectivity index (χ0v) is 5.83. The Morgan fingerprint density at radius 1 is 1.09 bits per heavy atom. The topological polar surface area (TPSA) is 40.5 Å². The molecule has 1 heterocycles. The van der Waals surface area contributed by atoms with Crippen LogP contribution in [0.1, 0.15) is 0 Å². The quantitative estimate of drug-likeness (QED) is 0.592. The van der Waals surface area contributed by atoms with Crippen LogP contribution < -0.4 is 5.46 Å². The second kappa shape index (κ2) is 2.84. The molecule has 2 N–H and O–H groups in total. The van der Waals surface area contributed by atoms with Crippen molar-refractivity contribution >= 4 is 23.9 Å². The normalized spacial score (nSPS) is 10.3. The Bertz CT molecular complexity index is 275. The summed E-state index contributed by atoms with van der Waals surface area (Å²) in [5.74, 6) is -1.54. The Morgan fingerprint density at radius 3 is 1.82 bits per heavy atom. The van der Waals surface area contributed by atoms with Gasteiger partial charge in [-0.15, -0.1) is 0 Å². The van der Waals surface area contributed by atoms with Crippen LogP contribution in [0.4, 0.5) is 13.2 Å². The first-order valence-corrected chi connectivity index (χ1v) is 3.35. The summed E-state index contributed by atoms with van der Waals surface area (Å²) in [6.45, 7) is 0. The summed E-state index contributed by atoms with van der Waals surface area (Å²) < 4.78 is 36.8. The van der Waals surface area contributed by atoms with Crippen LogP contribution in [0.2, 0.25) is 0 Å². The van der Waals surface area contributed by atoms with E-state index in [2.05, 4.69) is 0 Å². The second-order valence-corrected chi connectivity index (χ2v) is 2.67. The molecule has 0 atom stereocenters. The molecule has 60 valence electrons. The van der Waals surface area contributed by atoms with Gasteiger partial charge in [-0.3, -0.25) is 0 Å². The molecule has 0 spiro atoms. The van der Waals surface area contributed by atoms with Crippen molar-refractivity contribution in [2.45, 2.75) is 0 Å². The summed E-state index contributed by atoms with van der Waals surface area (Å²) in [5, 5.41) is 14.0. The van der Waals surface area contributed by atoms with Crippen LogP contribution in [0, 0.1) is 16.1 Å². The monoisotopic (exact) mass is 182 g/mol. The van der Waals surface area contributed by atoms with Crippen molar-refractivity contribution in [3.63, 3.8) is 0 Å². The average molecular weight is 182 g/mol. The summed E-state index contributed by atoms with van der Waals surface area (Å²) in [7, 11) is -2.31. The van der Waals surface area contributed by atoms with E-state index in [9.17, 15) is 13.2 Å². The fraction of sp³-hybridized carbons (Fsp3) is 0. The maximum Gasteiger partial charge on any atom is 0.495 e. The molecule has 1 rings (SSSR count). The third-order valence-electron chi connectivity index (χ3n) is 1.06. The van der Waals surface area contributed by atoms with Gasteiger partial charge in [-0.05, 0) is 0 Å². The Hall–Kier alpha value is -0.525. The largest absolute Gasteiger partial charge is 0.495 e. The van der Waals surface area contributed by atoms with Gasteiger partial charge in [0, 0.05) is 0 Å². The molecular weight excluding hydrogens is 180 g/mol. The molecular formula is C4H2BF3O2S. The molecule has 2 nitrogen and oxygen atoms in total. The first kappa shape index (κ1) is 8.57. The van der Waals surface area contributed by atoms with E-state index in [1.165, 1.54) is 0 Å². The highest BCUT2D eigenvalue weighted by molar-refractivity contribution is 7.09. The van der Waals surface area contributed by atoms with E-state index < -0.39 is 28.7 Å². The molecule has 0 aliphatic heterocycles. The maximum absolute atomic E-state index is 12.3. The van der Waals surface area contributed by atoms with Crippen LogP contribution in [-0.4, -0.2) is 17.2 Å². The van der Waals surface area contributed by atoms with Gasteiger partial charge in [0.2, 0.25) is 5.13 Å². The highest BCUT2D eigenvalue weighted by Gasteiger charge is 2.27. The third kappa shape index (κ3) is 1.40. The summed E-state index contributed by atoms with van der Waals surface area (Å²) in [6.07, 6.45) is 0. The summed E-state index contributed by atoms with van der Waals surface area (Å²) in [5.41, 5.74) is -1.03. The first-order chi connectivity index (χ1) is 5.04. The van der Waals surface area contributed by atoms with Crippen LogP contribution in [-0.2, 0) is 0 Å². The maximum atomic E-state index is 12.3. The van der Waals surface area contributed by atoms with Crippen molar-refractivity contribution in [2.24, 2.45) is 0 Å². The zero-order valence-electron chi connectivity index (χ0n) is 5.01. The average Bonchev–Trinajstić information content (AvgIpc) is 2.07. The summed E-state index contributed by atoms with van der Waals surface area (Å²) in [6, 6.07) is 0. The van der Waals surface area contributed by atoms with Gasteiger partial charge >= 0.3 is 7.12 Å². The lowest BCUT2D eigenvalue weighted by Gasteiger charge is -1.92. The molecule has 0 aliphatic rings. The Morgan fingerprint density at radius 2 is 1.64 bits per heavy atom. The lowest BCUT2D eigenvalue weighted by molar-refractivity contribution is 0.419. The standard InChI is InChI=1S/C4H2BF3O2S/c6-2-1(5(9)10)3(7)11-4(2)8/h9-10H. The highest BCUT2D eigenvalue weighted by atomic mass is 32.1. The minimum atomic E-state index is -2.31. The highest BCUT2D eigenvalue weighted by Crippen LogP contribution is 2.15. The van der Waals surface area contributed by atoms with E-state index in [0.29, 0.717) is 0 Å². The molecule has 7 heteroatoms. The van der Waals surface area contributed by atoms with Crippen molar-refractivity contribution in [3.05, 3.63) is 16.1 Å². The number of halogens is 3. The smallest absolute Gasteiger partial charge is 0.423 e. The zero-order chi connectivity index (χ0) is 8.59. The van der Waals surface area contributed by atoms with E-state index in [-0.39, 0.29) is 11.3 Å². The fourth-order valence-corrected chi connectivity index (χ4v) is 1.25. The predicted octanol–water partition coefficient (Wildman–Crippen LogP) is -0.155. The first-order valence-electron chi connectivity index (χ1n) is 2.53. The van der Waals surface area contributed by atoms with E-state index >= 15 is 0 Å². The third-order valence-corrected chi connectivity index (χ3v) is 1.82. The molecule has 0 amide bonds. The second-order valence-electron chi connectivity index (χ2n) is 1.75. The number of thiophene rings is 1. The van der Waals surface area contributed by atoms with E-state index in [1.807, 2.05) is 0 Å². The minimum absolute atomic E-state index is 0.104. The lowest BCUT2D eigenvalue weighted by atomic mass is 9.82. The Balaban J connectivity index is 3.22. The molecule has 0 aromatic carbocycles. The van der Waals surface area contributed by atoms with Crippen molar-refractivity contribution in [1.82, 2.24) is 0 Å². The van der Waals surface area contributed by atoms with Crippen LogP contribution >= 0.6 is 11.3 Å². The minimum Gasteiger partial charge on any atom is -0.423 e. The molecule has 0 saturated carbocycles. The molecule has 0 bridgehead atoms. The van der Waals surface area contributed by atoms with Crippen molar-refractivity contribution in [1.29, 1.82) is 0 Å². The van der Waals surface area contributed by atoms with E-state index in [4.69, 9.17) is 10.0 Å². The van der Waals surface area contributed by atoms with E-state index in [1.54, 1.807) is 0 Å². The summed E-state index contributed by atoms with van der Waals surface area (Å²) >= 11 is -0.104. The Kier molecular flexibility index (Phi) is 2.21. The van der Waals surface area contributed by atoms with Crippen molar-refractivity contribution < 1.29 is 23.2 Å². The molecule has 1 aromatic rings. The lowest BCUT2D eigenvalue weighted by Crippen LogP contribution is -2.33. The fourth-order valence-electron chi connectivity index (χ4n) is 0.585. The van der Waals surface area contributed by atoms with Gasteiger partial charge in [0.1, 0.15) is 0 Å². The molecule has 0 aliphatic carbocycles. The molecule has 0 unspecified atom stereocenters. The molecule has 1 aromatic heterocycles. The Labute approximate surface area is 64.0 Å². The molecule has 0 saturated heterocycles. The van der Waals surface area contributed by atoms with Crippen LogP contribution in [0.3, 0.4) is 0 Å². The van der Waals surface area contributed by atoms with Gasteiger partial charge in [-0.1, -0.05) is 11.3 Å². The predicted molar refractivity (Wildman–Crippen MR) is 34.0 cm³/mol. The van der Waals surface area contributed by atoms with Gasteiger partial charge in [0.25, 0.3) is 0 Å². The summed E-state index contributed by atoms with van der Waals surface area (Å²) in [4.78, 5) is 0. The van der Waals surface area contributed by atoms with Crippen molar-refractivity contribution in [2.75, 3.05) is 0 Å². The van der Waals surface area contributed by atoms with Gasteiger partial charge in [-0.2, -0.15) is 8.78 Å². The van der Waals surface area contributed by atoms with Gasteiger partial charge < -0.3 is 10.0 Å².